The van der Waals surface area contributed by atoms with Gasteiger partial charge in [-0.25, -0.2) is 9.78 Å². The van der Waals surface area contributed by atoms with E-state index < -0.39 is 5.97 Å². The average Bonchev–Trinajstić information content (AvgIpc) is 2.26. The number of rotatable bonds is 2. The second kappa shape index (κ2) is 3.89. The van der Waals surface area contributed by atoms with E-state index in [1.54, 1.807) is 0 Å². The lowest BCUT2D eigenvalue weighted by molar-refractivity contribution is -0.131. The highest BCUT2D eigenvalue weighted by atomic mass is 35.5. The Labute approximate surface area is 82.3 Å². The molecule has 64 valence electrons. The van der Waals surface area contributed by atoms with Gasteiger partial charge in [0.25, 0.3) is 0 Å². The van der Waals surface area contributed by atoms with Crippen molar-refractivity contribution in [3.05, 3.63) is 20.6 Å². The molecule has 0 bridgehead atoms. The number of nitrogens with zero attached hydrogens (tertiary/aromatic N) is 1. The maximum absolute atomic E-state index is 10.1. The Bertz CT molecular complexity index is 334. The zero-order valence-corrected chi connectivity index (χ0v) is 7.95. The highest BCUT2D eigenvalue weighted by Crippen LogP contribution is 2.27. The van der Waals surface area contributed by atoms with Crippen molar-refractivity contribution in [3.63, 3.8) is 0 Å². The zero-order valence-electron chi connectivity index (χ0n) is 5.62. The predicted octanol–water partition coefficient (Wildman–Crippen LogP) is 2.55. The van der Waals surface area contributed by atoms with Gasteiger partial charge in [-0.1, -0.05) is 23.2 Å². The minimum Gasteiger partial charge on any atom is -0.478 e. The summed E-state index contributed by atoms with van der Waals surface area (Å²) in [6.45, 7) is 0. The molecule has 0 aliphatic heterocycles. The first-order valence-electron chi connectivity index (χ1n) is 2.82. The molecule has 0 fully saturated rings. The standard InChI is InChI=1S/C6H3Cl2NO2S/c7-5-3(1-2-4(10)11)12-6(8)9-5/h1-2H,(H,10,11). The van der Waals surface area contributed by atoms with Gasteiger partial charge in [-0.15, -0.1) is 11.3 Å². The lowest BCUT2D eigenvalue weighted by atomic mass is 10.4. The molecule has 0 aliphatic carbocycles. The van der Waals surface area contributed by atoms with E-state index in [1.165, 1.54) is 6.08 Å². The lowest BCUT2D eigenvalue weighted by Gasteiger charge is -1.81. The van der Waals surface area contributed by atoms with Gasteiger partial charge in [0.05, 0.1) is 4.88 Å². The van der Waals surface area contributed by atoms with E-state index in [2.05, 4.69) is 4.98 Å². The van der Waals surface area contributed by atoms with Crippen molar-refractivity contribution in [2.24, 2.45) is 0 Å². The van der Waals surface area contributed by atoms with Crippen LogP contribution in [0.4, 0.5) is 0 Å². The topological polar surface area (TPSA) is 50.2 Å². The van der Waals surface area contributed by atoms with Crippen LogP contribution in [0, 0.1) is 0 Å². The van der Waals surface area contributed by atoms with E-state index in [0.717, 1.165) is 17.4 Å². The van der Waals surface area contributed by atoms with Gasteiger partial charge in [0.1, 0.15) is 5.15 Å². The minimum absolute atomic E-state index is 0.225. The molecule has 0 unspecified atom stereocenters. The molecule has 12 heavy (non-hydrogen) atoms. The monoisotopic (exact) mass is 223 g/mol. The number of halogens is 2. The van der Waals surface area contributed by atoms with E-state index in [9.17, 15) is 4.79 Å². The summed E-state index contributed by atoms with van der Waals surface area (Å²) in [6.07, 6.45) is 2.34. The fraction of sp³-hybridized carbons (Fsp3) is 0. The molecular weight excluding hydrogens is 221 g/mol. The molecule has 0 amide bonds. The Kier molecular flexibility index (Phi) is 3.08. The molecule has 0 aliphatic rings. The molecule has 6 heteroatoms. The highest BCUT2D eigenvalue weighted by molar-refractivity contribution is 7.17. The van der Waals surface area contributed by atoms with Gasteiger partial charge in [0.2, 0.25) is 0 Å². The molecule has 0 radical (unpaired) electrons. The quantitative estimate of drug-likeness (QED) is 0.785. The van der Waals surface area contributed by atoms with Gasteiger partial charge >= 0.3 is 5.97 Å². The van der Waals surface area contributed by atoms with Crippen LogP contribution in [0.15, 0.2) is 6.08 Å². The summed E-state index contributed by atoms with van der Waals surface area (Å²) in [4.78, 5) is 14.4. The van der Waals surface area contributed by atoms with Gasteiger partial charge in [-0.05, 0) is 6.08 Å². The van der Waals surface area contributed by atoms with E-state index in [-0.39, 0.29) is 5.15 Å². The Balaban J connectivity index is 2.89. The van der Waals surface area contributed by atoms with Crippen molar-refractivity contribution in [2.45, 2.75) is 0 Å². The summed E-state index contributed by atoms with van der Waals surface area (Å²) in [7, 11) is 0. The summed E-state index contributed by atoms with van der Waals surface area (Å²) < 4.78 is 0.296. The SMILES string of the molecule is O=C(O)C=Cc1sc(Cl)nc1Cl. The molecule has 0 spiro atoms. The van der Waals surface area contributed by atoms with Crippen molar-refractivity contribution in [1.82, 2.24) is 4.98 Å². The normalized spacial score (nSPS) is 10.8. The number of hydrogen-bond donors (Lipinski definition) is 1. The van der Waals surface area contributed by atoms with Crippen LogP contribution in [0.5, 0.6) is 0 Å². The minimum atomic E-state index is -1.03. The Morgan fingerprint density at radius 1 is 1.58 bits per heavy atom. The molecule has 0 saturated carbocycles. The molecule has 1 aromatic rings. The number of aliphatic carboxylic acids is 1. The fourth-order valence-electron chi connectivity index (χ4n) is 0.538. The van der Waals surface area contributed by atoms with Gasteiger partial charge in [-0.3, -0.25) is 0 Å². The fourth-order valence-corrected chi connectivity index (χ4v) is 1.81. The summed E-state index contributed by atoms with van der Waals surface area (Å²) in [5.41, 5.74) is 0. The first-order valence-corrected chi connectivity index (χ1v) is 4.39. The molecule has 1 rings (SSSR count). The summed E-state index contributed by atoms with van der Waals surface area (Å²) in [5, 5.41) is 8.52. The third-order valence-corrected chi connectivity index (χ3v) is 2.49. The van der Waals surface area contributed by atoms with Crippen LogP contribution in [0.2, 0.25) is 9.62 Å². The molecule has 1 N–H and O–H groups in total. The van der Waals surface area contributed by atoms with Crippen molar-refractivity contribution >= 4 is 46.6 Å². The van der Waals surface area contributed by atoms with Crippen LogP contribution < -0.4 is 0 Å². The first-order chi connectivity index (χ1) is 5.59. The zero-order chi connectivity index (χ0) is 9.14. The van der Waals surface area contributed by atoms with Crippen molar-refractivity contribution in [2.75, 3.05) is 0 Å². The number of carboxylic acid groups (broad SMARTS) is 1. The second-order valence-electron chi connectivity index (χ2n) is 1.79. The maximum Gasteiger partial charge on any atom is 0.328 e. The molecule has 3 nitrogen and oxygen atoms in total. The largest absolute Gasteiger partial charge is 0.478 e. The third-order valence-electron chi connectivity index (χ3n) is 0.961. The molecule has 0 aromatic carbocycles. The molecule has 1 heterocycles. The second-order valence-corrected chi connectivity index (χ2v) is 3.76. The van der Waals surface area contributed by atoms with Crippen LogP contribution >= 0.6 is 34.5 Å². The number of hydrogen-bond acceptors (Lipinski definition) is 3. The summed E-state index contributed by atoms with van der Waals surface area (Å²) >= 11 is 12.3. The van der Waals surface area contributed by atoms with Crippen LogP contribution in [0.1, 0.15) is 4.88 Å². The van der Waals surface area contributed by atoms with E-state index in [1.807, 2.05) is 0 Å². The number of carbonyl (C=O) groups is 1. The molecule has 1 aromatic heterocycles. The smallest absolute Gasteiger partial charge is 0.328 e. The van der Waals surface area contributed by atoms with Crippen LogP contribution in [0.3, 0.4) is 0 Å². The van der Waals surface area contributed by atoms with Gasteiger partial charge in [0.15, 0.2) is 4.47 Å². The van der Waals surface area contributed by atoms with E-state index in [4.69, 9.17) is 28.3 Å². The maximum atomic E-state index is 10.1. The summed E-state index contributed by atoms with van der Waals surface area (Å²) in [6, 6.07) is 0. The number of aromatic nitrogens is 1. The van der Waals surface area contributed by atoms with Crippen molar-refractivity contribution in [3.8, 4) is 0 Å². The van der Waals surface area contributed by atoms with Gasteiger partial charge in [-0.2, -0.15) is 0 Å². The van der Waals surface area contributed by atoms with Crippen LogP contribution in [-0.2, 0) is 4.79 Å². The molecule has 0 atom stereocenters. The highest BCUT2D eigenvalue weighted by Gasteiger charge is 2.04. The average molecular weight is 224 g/mol. The van der Waals surface area contributed by atoms with Crippen molar-refractivity contribution in [1.29, 1.82) is 0 Å². The van der Waals surface area contributed by atoms with E-state index >= 15 is 0 Å². The van der Waals surface area contributed by atoms with Gasteiger partial charge in [0, 0.05) is 6.08 Å². The molecular formula is C6H3Cl2NO2S. The number of carboxylic acids is 1. The molecule has 0 saturated heterocycles. The summed E-state index contributed by atoms with van der Waals surface area (Å²) in [5.74, 6) is -1.03. The Hall–Kier alpha value is -0.580. The number of thiazole rings is 1. The first kappa shape index (κ1) is 9.51. The van der Waals surface area contributed by atoms with E-state index in [0.29, 0.717) is 9.34 Å². The lowest BCUT2D eigenvalue weighted by Crippen LogP contribution is -1.84. The predicted molar refractivity (Wildman–Crippen MR) is 48.8 cm³/mol. The van der Waals surface area contributed by atoms with Crippen molar-refractivity contribution < 1.29 is 9.90 Å². The third kappa shape index (κ3) is 2.48. The Morgan fingerprint density at radius 2 is 2.25 bits per heavy atom. The van der Waals surface area contributed by atoms with Crippen LogP contribution in [-0.4, -0.2) is 16.1 Å². The Morgan fingerprint density at radius 3 is 2.67 bits per heavy atom. The van der Waals surface area contributed by atoms with Crippen LogP contribution in [0.25, 0.3) is 6.08 Å². The van der Waals surface area contributed by atoms with Gasteiger partial charge < -0.3 is 5.11 Å².